The summed E-state index contributed by atoms with van der Waals surface area (Å²) < 4.78 is 5.80. The fraction of sp³-hybridized carbons (Fsp3) is 0.533. The van der Waals surface area contributed by atoms with Gasteiger partial charge in [-0.05, 0) is 24.5 Å². The number of carbonyl (C=O) groups excluding carboxylic acids is 1. The number of morpholine rings is 1. The third kappa shape index (κ3) is 3.14. The molecule has 0 unspecified atom stereocenters. The van der Waals surface area contributed by atoms with Gasteiger partial charge >= 0.3 is 0 Å². The monoisotopic (exact) mass is 262 g/mol. The Bertz CT molecular complexity index is 448. The lowest BCUT2D eigenvalue weighted by molar-refractivity contribution is -0.140. The molecule has 0 aliphatic carbocycles. The largest absolute Gasteiger partial charge is 0.370 e. The normalized spacial score (nSPS) is 21.2. The van der Waals surface area contributed by atoms with E-state index in [-0.39, 0.29) is 12.0 Å². The van der Waals surface area contributed by atoms with Gasteiger partial charge < -0.3 is 15.4 Å². The lowest BCUT2D eigenvalue weighted by Gasteiger charge is -2.35. The van der Waals surface area contributed by atoms with E-state index in [0.717, 1.165) is 5.56 Å². The summed E-state index contributed by atoms with van der Waals surface area (Å²) in [5.41, 5.74) is 8.18. The van der Waals surface area contributed by atoms with E-state index in [1.54, 1.807) is 0 Å². The first kappa shape index (κ1) is 14.0. The van der Waals surface area contributed by atoms with Crippen LogP contribution in [0.1, 0.15) is 30.6 Å². The maximum atomic E-state index is 12.1. The fourth-order valence-electron chi connectivity index (χ4n) is 2.39. The second-order valence-corrected chi connectivity index (χ2v) is 5.02. The molecule has 104 valence electrons. The minimum Gasteiger partial charge on any atom is -0.370 e. The second-order valence-electron chi connectivity index (χ2n) is 5.02. The smallest absolute Gasteiger partial charge is 0.239 e. The van der Waals surface area contributed by atoms with Gasteiger partial charge in [0.15, 0.2) is 0 Å². The van der Waals surface area contributed by atoms with Crippen LogP contribution >= 0.6 is 0 Å². The van der Waals surface area contributed by atoms with Crippen molar-refractivity contribution in [1.29, 1.82) is 0 Å². The molecule has 4 heteroatoms. The van der Waals surface area contributed by atoms with Gasteiger partial charge in [0, 0.05) is 6.54 Å². The summed E-state index contributed by atoms with van der Waals surface area (Å²) in [6.45, 7) is 5.80. The van der Waals surface area contributed by atoms with Crippen molar-refractivity contribution in [3.8, 4) is 0 Å². The Morgan fingerprint density at radius 2 is 2.26 bits per heavy atom. The number of amides is 1. The van der Waals surface area contributed by atoms with Crippen molar-refractivity contribution in [2.24, 2.45) is 5.73 Å². The molecule has 2 rings (SSSR count). The molecule has 1 fully saturated rings. The highest BCUT2D eigenvalue weighted by atomic mass is 16.5. The van der Waals surface area contributed by atoms with Crippen molar-refractivity contribution in [3.63, 3.8) is 0 Å². The van der Waals surface area contributed by atoms with Crippen LogP contribution in [0, 0.1) is 6.92 Å². The summed E-state index contributed by atoms with van der Waals surface area (Å²) >= 11 is 0. The third-order valence-electron chi connectivity index (χ3n) is 3.67. The summed E-state index contributed by atoms with van der Waals surface area (Å²) in [4.78, 5) is 14.0. The van der Waals surface area contributed by atoms with E-state index in [1.807, 2.05) is 24.0 Å². The summed E-state index contributed by atoms with van der Waals surface area (Å²) in [6.07, 6.45) is 0.633. The predicted molar refractivity (Wildman–Crippen MR) is 74.7 cm³/mol. The Balaban J connectivity index is 2.09. The molecule has 4 nitrogen and oxygen atoms in total. The molecule has 1 amide bonds. The molecule has 1 aliphatic heterocycles. The zero-order chi connectivity index (χ0) is 13.8. The zero-order valence-corrected chi connectivity index (χ0v) is 11.6. The molecule has 0 aromatic heterocycles. The van der Waals surface area contributed by atoms with Gasteiger partial charge in [-0.1, -0.05) is 31.2 Å². The average molecular weight is 262 g/mol. The molecule has 1 aromatic carbocycles. The number of hydrogen-bond acceptors (Lipinski definition) is 3. The average Bonchev–Trinajstić information content (AvgIpc) is 2.46. The maximum Gasteiger partial charge on any atom is 0.239 e. The summed E-state index contributed by atoms with van der Waals surface area (Å²) in [6, 6.07) is 7.75. The number of aryl methyl sites for hydroxylation is 1. The van der Waals surface area contributed by atoms with Crippen molar-refractivity contribution in [2.75, 3.05) is 19.7 Å². The van der Waals surface area contributed by atoms with E-state index in [2.05, 4.69) is 19.1 Å². The van der Waals surface area contributed by atoms with E-state index in [1.165, 1.54) is 5.56 Å². The van der Waals surface area contributed by atoms with Crippen molar-refractivity contribution < 1.29 is 9.53 Å². The quantitative estimate of drug-likeness (QED) is 0.901. The van der Waals surface area contributed by atoms with Gasteiger partial charge in [0.05, 0.1) is 19.2 Å². The lowest BCUT2D eigenvalue weighted by Crippen LogP contribution is -2.49. The summed E-state index contributed by atoms with van der Waals surface area (Å²) in [5.74, 6) is 0.0318. The van der Waals surface area contributed by atoms with Crippen LogP contribution in [0.25, 0.3) is 0 Å². The van der Waals surface area contributed by atoms with Gasteiger partial charge in [0.25, 0.3) is 0 Å². The van der Waals surface area contributed by atoms with Crippen LogP contribution in [0.15, 0.2) is 24.3 Å². The second kappa shape index (κ2) is 6.17. The first-order valence-electron chi connectivity index (χ1n) is 6.85. The van der Waals surface area contributed by atoms with Crippen LogP contribution in [0.5, 0.6) is 0 Å². The molecule has 1 aliphatic rings. The van der Waals surface area contributed by atoms with Gasteiger partial charge in [-0.2, -0.15) is 0 Å². The number of nitrogens with zero attached hydrogens (tertiary/aromatic N) is 1. The number of benzene rings is 1. The number of rotatable bonds is 3. The Hall–Kier alpha value is -1.39. The molecule has 2 N–H and O–H groups in total. The zero-order valence-electron chi connectivity index (χ0n) is 11.6. The molecular weight excluding hydrogens is 240 g/mol. The summed E-state index contributed by atoms with van der Waals surface area (Å²) in [7, 11) is 0. The molecule has 0 bridgehead atoms. The number of nitrogens with two attached hydrogens (primary N) is 1. The van der Waals surface area contributed by atoms with Crippen LogP contribution in [-0.4, -0.2) is 36.5 Å². The molecule has 1 heterocycles. The van der Waals surface area contributed by atoms with Crippen molar-refractivity contribution in [1.82, 2.24) is 4.90 Å². The number of ether oxygens (including phenoxy) is 1. The van der Waals surface area contributed by atoms with Gasteiger partial charge in [0.1, 0.15) is 6.10 Å². The SMILES string of the molecule is CC[C@H](N)C(=O)N1CCO[C@@H](c2ccccc2C)C1. The third-order valence-corrected chi connectivity index (χ3v) is 3.67. The number of hydrogen-bond donors (Lipinski definition) is 1. The molecule has 0 radical (unpaired) electrons. The topological polar surface area (TPSA) is 55.6 Å². The van der Waals surface area contributed by atoms with E-state index in [9.17, 15) is 4.79 Å². The Labute approximate surface area is 114 Å². The first-order chi connectivity index (χ1) is 9.13. The molecule has 2 atom stereocenters. The van der Waals surface area contributed by atoms with Gasteiger partial charge in [-0.3, -0.25) is 4.79 Å². The van der Waals surface area contributed by atoms with Crippen LogP contribution in [-0.2, 0) is 9.53 Å². The summed E-state index contributed by atoms with van der Waals surface area (Å²) in [5, 5.41) is 0. The molecular formula is C15H22N2O2. The van der Waals surface area contributed by atoms with Gasteiger partial charge in [0.2, 0.25) is 5.91 Å². The van der Waals surface area contributed by atoms with E-state index in [0.29, 0.717) is 26.1 Å². The lowest BCUT2D eigenvalue weighted by atomic mass is 10.0. The minimum atomic E-state index is -0.393. The Kier molecular flexibility index (Phi) is 4.56. The fourth-order valence-corrected chi connectivity index (χ4v) is 2.39. The molecule has 19 heavy (non-hydrogen) atoms. The van der Waals surface area contributed by atoms with Crippen molar-refractivity contribution >= 4 is 5.91 Å². The minimum absolute atomic E-state index is 0.0318. The van der Waals surface area contributed by atoms with Gasteiger partial charge in [-0.15, -0.1) is 0 Å². The Morgan fingerprint density at radius 1 is 1.53 bits per heavy atom. The molecule has 1 saturated heterocycles. The van der Waals surface area contributed by atoms with E-state index < -0.39 is 6.04 Å². The van der Waals surface area contributed by atoms with E-state index >= 15 is 0 Å². The maximum absolute atomic E-state index is 12.1. The molecule has 0 spiro atoms. The van der Waals surface area contributed by atoms with Crippen LogP contribution < -0.4 is 5.73 Å². The van der Waals surface area contributed by atoms with E-state index in [4.69, 9.17) is 10.5 Å². The highest BCUT2D eigenvalue weighted by molar-refractivity contribution is 5.81. The number of carbonyl (C=O) groups is 1. The highest BCUT2D eigenvalue weighted by Crippen LogP contribution is 2.25. The molecule has 1 aromatic rings. The van der Waals surface area contributed by atoms with Crippen molar-refractivity contribution in [3.05, 3.63) is 35.4 Å². The first-order valence-corrected chi connectivity index (χ1v) is 6.85. The standard InChI is InChI=1S/C15H22N2O2/c1-3-13(16)15(18)17-8-9-19-14(10-17)12-7-5-4-6-11(12)2/h4-7,13-14H,3,8-10,16H2,1-2H3/t13-,14+/m0/s1. The predicted octanol–water partition coefficient (Wildman–Crippen LogP) is 1.63. The van der Waals surface area contributed by atoms with Crippen molar-refractivity contribution in [2.45, 2.75) is 32.4 Å². The highest BCUT2D eigenvalue weighted by Gasteiger charge is 2.28. The Morgan fingerprint density at radius 3 is 2.95 bits per heavy atom. The van der Waals surface area contributed by atoms with Crippen LogP contribution in [0.3, 0.4) is 0 Å². The van der Waals surface area contributed by atoms with Crippen LogP contribution in [0.4, 0.5) is 0 Å². The van der Waals surface area contributed by atoms with Crippen LogP contribution in [0.2, 0.25) is 0 Å². The van der Waals surface area contributed by atoms with Gasteiger partial charge in [-0.25, -0.2) is 0 Å². The molecule has 0 saturated carbocycles.